The number of imide groups is 1. The molecule has 3 rings (SSSR count). The van der Waals surface area contributed by atoms with Crippen molar-refractivity contribution in [1.82, 2.24) is 5.32 Å². The molecule has 0 aromatic rings. The Labute approximate surface area is 170 Å². The van der Waals surface area contributed by atoms with Crippen LogP contribution in [0.15, 0.2) is 12.2 Å². The van der Waals surface area contributed by atoms with Gasteiger partial charge in [-0.05, 0) is 42.9 Å². The number of nitrogens with one attached hydrogen (secondary N) is 1. The summed E-state index contributed by atoms with van der Waals surface area (Å²) in [5, 5.41) is 22.5. The van der Waals surface area contributed by atoms with Gasteiger partial charge in [0.1, 0.15) is 0 Å². The maximum atomic E-state index is 12.0. The van der Waals surface area contributed by atoms with Gasteiger partial charge in [0.2, 0.25) is 11.8 Å². The van der Waals surface area contributed by atoms with Crippen molar-refractivity contribution in [2.24, 2.45) is 28.6 Å². The zero-order chi connectivity index (χ0) is 20.1. The van der Waals surface area contributed by atoms with E-state index < -0.39 is 23.3 Å². The van der Waals surface area contributed by atoms with E-state index in [4.69, 9.17) is 23.2 Å². The quantitative estimate of drug-likeness (QED) is 0.372. The smallest absolute Gasteiger partial charge is 0.232 e. The Morgan fingerprint density at radius 3 is 2.56 bits per heavy atom. The molecule has 1 saturated heterocycles. The monoisotopic (exact) mass is 417 g/mol. The van der Waals surface area contributed by atoms with Gasteiger partial charge in [-0.25, -0.2) is 0 Å². The molecule has 2 amide bonds. The fraction of sp³-hybridized carbons (Fsp3) is 0.800. The number of allylic oxidation sites excluding steroid dienone is 1. The predicted molar refractivity (Wildman–Crippen MR) is 104 cm³/mol. The molecule has 152 valence electrons. The molecule has 3 fully saturated rings. The fourth-order valence-electron chi connectivity index (χ4n) is 5.96. The van der Waals surface area contributed by atoms with Crippen LogP contribution in [-0.2, 0) is 9.59 Å². The molecule has 0 aromatic carbocycles. The van der Waals surface area contributed by atoms with E-state index in [9.17, 15) is 19.8 Å². The van der Waals surface area contributed by atoms with Gasteiger partial charge in [0, 0.05) is 11.8 Å². The summed E-state index contributed by atoms with van der Waals surface area (Å²) in [7, 11) is 0. The van der Waals surface area contributed by atoms with Gasteiger partial charge in [-0.15, -0.1) is 23.2 Å². The lowest BCUT2D eigenvalue weighted by Gasteiger charge is -2.61. The first kappa shape index (κ1) is 21.1. The predicted octanol–water partition coefficient (Wildman–Crippen LogP) is 2.61. The number of amides is 2. The average Bonchev–Trinajstić information content (AvgIpc) is 2.94. The van der Waals surface area contributed by atoms with E-state index in [1.807, 2.05) is 6.92 Å². The number of carbonyl (C=O) groups excluding carboxylic acids is 2. The van der Waals surface area contributed by atoms with Crippen molar-refractivity contribution >= 4 is 35.0 Å². The second-order valence-electron chi connectivity index (χ2n) is 9.12. The van der Waals surface area contributed by atoms with E-state index in [0.29, 0.717) is 12.8 Å². The number of fused-ring (bicyclic) bond motifs is 1. The van der Waals surface area contributed by atoms with Gasteiger partial charge in [0.15, 0.2) is 0 Å². The van der Waals surface area contributed by atoms with E-state index in [1.54, 1.807) is 0 Å². The maximum Gasteiger partial charge on any atom is 0.232 e. The zero-order valence-corrected chi connectivity index (χ0v) is 17.4. The van der Waals surface area contributed by atoms with Crippen molar-refractivity contribution in [3.05, 3.63) is 12.2 Å². The summed E-state index contributed by atoms with van der Waals surface area (Å²) in [6, 6.07) is 0. The highest BCUT2D eigenvalue weighted by molar-refractivity contribution is 6.30. The maximum absolute atomic E-state index is 12.0. The molecule has 1 aliphatic heterocycles. The Kier molecular flexibility index (Phi) is 5.72. The second-order valence-corrected chi connectivity index (χ2v) is 10.2. The first-order valence-electron chi connectivity index (χ1n) is 9.63. The minimum atomic E-state index is -0.920. The normalized spacial score (nSPS) is 46.1. The molecule has 0 aromatic heterocycles. The van der Waals surface area contributed by atoms with Crippen molar-refractivity contribution in [1.29, 1.82) is 0 Å². The van der Waals surface area contributed by atoms with E-state index in [1.165, 1.54) is 0 Å². The number of aliphatic hydroxyl groups is 2. The van der Waals surface area contributed by atoms with Crippen molar-refractivity contribution in [2.45, 2.75) is 62.8 Å². The Morgan fingerprint density at radius 1 is 1.33 bits per heavy atom. The van der Waals surface area contributed by atoms with E-state index in [0.717, 1.165) is 18.4 Å². The number of carbonyl (C=O) groups is 2. The molecular weight excluding hydrogens is 389 g/mol. The molecule has 7 heteroatoms. The van der Waals surface area contributed by atoms with Crippen LogP contribution in [0.25, 0.3) is 0 Å². The van der Waals surface area contributed by atoms with E-state index in [-0.39, 0.29) is 46.9 Å². The molecule has 0 bridgehead atoms. The summed E-state index contributed by atoms with van der Waals surface area (Å²) in [4.78, 5) is 23.5. The topological polar surface area (TPSA) is 86.6 Å². The third kappa shape index (κ3) is 3.35. The lowest BCUT2D eigenvalue weighted by molar-refractivity contribution is -0.128. The molecule has 3 aliphatic rings. The van der Waals surface area contributed by atoms with Crippen LogP contribution in [0.5, 0.6) is 0 Å². The van der Waals surface area contributed by atoms with Crippen LogP contribution in [-0.4, -0.2) is 45.5 Å². The third-order valence-electron chi connectivity index (χ3n) is 7.50. The molecule has 5 nitrogen and oxygen atoms in total. The van der Waals surface area contributed by atoms with Gasteiger partial charge in [-0.3, -0.25) is 14.9 Å². The highest BCUT2D eigenvalue weighted by Crippen LogP contribution is 2.63. The second kappa shape index (κ2) is 7.33. The summed E-state index contributed by atoms with van der Waals surface area (Å²) in [5.41, 5.74) is 0.228. The van der Waals surface area contributed by atoms with Crippen LogP contribution >= 0.6 is 23.2 Å². The molecule has 2 saturated carbocycles. The van der Waals surface area contributed by atoms with E-state index in [2.05, 4.69) is 18.8 Å². The highest BCUT2D eigenvalue weighted by Gasteiger charge is 2.60. The SMILES string of the molecule is C=C1CC[C@@H]2[C@](C)(C[C@@H](Cl)[C@H](Cl)[C@@]2(C)CO)[C@H]1C[C@H](O)[C@H]1CC(=O)NC1=O. The standard InChI is InChI=1S/C20H29Cl2NO4/c1-10-4-5-15-19(2,8-13(21)17(22)20(15,3)9-24)12(10)7-14(25)11-6-16(26)23-18(11)27/h11-15,17,24-25H,1,4-9H2,2-3H3,(H,23,26,27)/t11-,12+,13-,14+,15-,17+,19-,20+/m1/s1. The molecular formula is C20H29Cl2NO4. The van der Waals surface area contributed by atoms with Gasteiger partial charge < -0.3 is 10.2 Å². The average molecular weight is 418 g/mol. The highest BCUT2D eigenvalue weighted by atomic mass is 35.5. The Bertz CT molecular complexity index is 656. The van der Waals surface area contributed by atoms with E-state index >= 15 is 0 Å². The van der Waals surface area contributed by atoms with Gasteiger partial charge in [0.25, 0.3) is 0 Å². The molecule has 1 heterocycles. The van der Waals surface area contributed by atoms with Crippen molar-refractivity contribution in [2.75, 3.05) is 6.61 Å². The van der Waals surface area contributed by atoms with Crippen LogP contribution < -0.4 is 5.32 Å². The molecule has 27 heavy (non-hydrogen) atoms. The van der Waals surface area contributed by atoms with Crippen LogP contribution in [0.2, 0.25) is 0 Å². The van der Waals surface area contributed by atoms with Gasteiger partial charge in [0.05, 0.1) is 29.4 Å². The molecule has 0 unspecified atom stereocenters. The summed E-state index contributed by atoms with van der Waals surface area (Å²) in [6.07, 6.45) is 1.78. The lowest BCUT2D eigenvalue weighted by Crippen LogP contribution is -2.60. The summed E-state index contributed by atoms with van der Waals surface area (Å²) in [5.74, 6) is -1.38. The van der Waals surface area contributed by atoms with Gasteiger partial charge in [-0.2, -0.15) is 0 Å². The van der Waals surface area contributed by atoms with Crippen molar-refractivity contribution in [3.8, 4) is 0 Å². The zero-order valence-electron chi connectivity index (χ0n) is 15.9. The molecule has 8 atom stereocenters. The fourth-order valence-corrected chi connectivity index (χ4v) is 6.89. The minimum absolute atomic E-state index is 0.0234. The first-order valence-corrected chi connectivity index (χ1v) is 10.5. The third-order valence-corrected chi connectivity index (χ3v) is 8.84. The molecule has 2 aliphatic carbocycles. The summed E-state index contributed by atoms with van der Waals surface area (Å²) < 4.78 is 0. The van der Waals surface area contributed by atoms with Crippen LogP contribution in [0.3, 0.4) is 0 Å². The molecule has 0 radical (unpaired) electrons. The number of alkyl halides is 2. The molecule has 3 N–H and O–H groups in total. The van der Waals surface area contributed by atoms with Gasteiger partial charge in [-0.1, -0.05) is 26.0 Å². The van der Waals surface area contributed by atoms with Crippen LogP contribution in [0.4, 0.5) is 0 Å². The number of aliphatic hydroxyl groups excluding tert-OH is 2. The van der Waals surface area contributed by atoms with Gasteiger partial charge >= 0.3 is 0 Å². The van der Waals surface area contributed by atoms with Crippen molar-refractivity contribution in [3.63, 3.8) is 0 Å². The first-order chi connectivity index (χ1) is 12.5. The summed E-state index contributed by atoms with van der Waals surface area (Å²) >= 11 is 13.2. The van der Waals surface area contributed by atoms with Crippen LogP contribution in [0, 0.1) is 28.6 Å². The van der Waals surface area contributed by atoms with Crippen LogP contribution in [0.1, 0.15) is 46.0 Å². The largest absolute Gasteiger partial charge is 0.396 e. The Morgan fingerprint density at radius 2 is 2.00 bits per heavy atom. The Balaban J connectivity index is 1.89. The number of hydrogen-bond donors (Lipinski definition) is 3. The lowest BCUT2D eigenvalue weighted by atomic mass is 9.46. The number of hydrogen-bond acceptors (Lipinski definition) is 4. The summed E-state index contributed by atoms with van der Waals surface area (Å²) in [6.45, 7) is 8.33. The number of halogens is 2. The molecule has 0 spiro atoms. The van der Waals surface area contributed by atoms with Crippen molar-refractivity contribution < 1.29 is 19.8 Å². The minimum Gasteiger partial charge on any atom is -0.396 e. The number of rotatable bonds is 4. The Hall–Kier alpha value is -0.620.